The van der Waals surface area contributed by atoms with Gasteiger partial charge in [-0.3, -0.25) is 9.36 Å². The fourth-order valence-electron chi connectivity index (χ4n) is 3.33. The number of hydrogen-bond acceptors (Lipinski definition) is 6. The van der Waals surface area contributed by atoms with E-state index in [1.54, 1.807) is 22.8 Å². The van der Waals surface area contributed by atoms with Gasteiger partial charge in [-0.1, -0.05) is 29.4 Å². The van der Waals surface area contributed by atoms with Gasteiger partial charge in [0.2, 0.25) is 5.91 Å². The van der Waals surface area contributed by atoms with E-state index in [2.05, 4.69) is 15.5 Å². The van der Waals surface area contributed by atoms with Gasteiger partial charge in [0.05, 0.1) is 41.6 Å². The maximum absolute atomic E-state index is 13.3. The molecule has 1 amide bonds. The van der Waals surface area contributed by atoms with Crippen molar-refractivity contribution in [3.8, 4) is 5.69 Å². The van der Waals surface area contributed by atoms with Crippen LogP contribution in [0.2, 0.25) is 5.02 Å². The van der Waals surface area contributed by atoms with Crippen molar-refractivity contribution < 1.29 is 22.7 Å². The van der Waals surface area contributed by atoms with E-state index in [0.29, 0.717) is 42.2 Å². The fraction of sp³-hybridized carbons (Fsp3) is 0.286. The van der Waals surface area contributed by atoms with E-state index in [1.165, 1.54) is 12.4 Å². The molecule has 2 heterocycles. The summed E-state index contributed by atoms with van der Waals surface area (Å²) in [7, 11) is 0. The monoisotopic (exact) mass is 497 g/mol. The van der Waals surface area contributed by atoms with Gasteiger partial charge in [-0.2, -0.15) is 13.2 Å². The molecule has 1 fully saturated rings. The van der Waals surface area contributed by atoms with Gasteiger partial charge in [-0.25, -0.2) is 0 Å². The van der Waals surface area contributed by atoms with Crippen molar-refractivity contribution in [2.24, 2.45) is 0 Å². The maximum atomic E-state index is 13.3. The Morgan fingerprint density at radius 2 is 1.97 bits per heavy atom. The summed E-state index contributed by atoms with van der Waals surface area (Å²) in [4.78, 5) is 14.6. The second-order valence-corrected chi connectivity index (χ2v) is 8.51. The largest absolute Gasteiger partial charge is 0.416 e. The Hall–Kier alpha value is -2.76. The standard InChI is InChI=1S/C21H19ClF3N5O2S/c22-15-2-1-3-16(11-15)30-13-26-28-20(30)33-12-19(31)27-17-10-14(21(23,24)25)4-5-18(17)29-6-8-32-9-7-29/h1-5,10-11,13H,6-9,12H2,(H,27,31). The molecular formula is C21H19ClF3N5O2S. The van der Waals surface area contributed by atoms with Gasteiger partial charge >= 0.3 is 6.18 Å². The number of alkyl halides is 3. The van der Waals surface area contributed by atoms with E-state index in [4.69, 9.17) is 16.3 Å². The molecule has 3 aromatic rings. The smallest absolute Gasteiger partial charge is 0.378 e. The van der Waals surface area contributed by atoms with Crippen LogP contribution in [0.15, 0.2) is 53.9 Å². The molecule has 1 aromatic heterocycles. The number of nitrogens with one attached hydrogen (secondary N) is 1. The summed E-state index contributed by atoms with van der Waals surface area (Å²) in [5.41, 5.74) is 0.520. The molecule has 0 saturated carbocycles. The van der Waals surface area contributed by atoms with Gasteiger partial charge in [-0.05, 0) is 36.4 Å². The highest BCUT2D eigenvalue weighted by Gasteiger charge is 2.32. The van der Waals surface area contributed by atoms with Crippen molar-refractivity contribution in [3.63, 3.8) is 0 Å². The molecule has 0 aliphatic carbocycles. The van der Waals surface area contributed by atoms with Gasteiger partial charge in [-0.15, -0.1) is 10.2 Å². The summed E-state index contributed by atoms with van der Waals surface area (Å²) in [6.45, 7) is 1.96. The second kappa shape index (κ2) is 10.0. The number of nitrogens with zero attached hydrogens (tertiary/aromatic N) is 4. The summed E-state index contributed by atoms with van der Waals surface area (Å²) in [6, 6.07) is 10.4. The van der Waals surface area contributed by atoms with Crippen LogP contribution in [0.4, 0.5) is 24.5 Å². The van der Waals surface area contributed by atoms with Crippen LogP contribution in [0.5, 0.6) is 0 Å². The highest BCUT2D eigenvalue weighted by atomic mass is 35.5. The van der Waals surface area contributed by atoms with E-state index < -0.39 is 17.6 Å². The quantitative estimate of drug-likeness (QED) is 0.505. The second-order valence-electron chi connectivity index (χ2n) is 7.13. The van der Waals surface area contributed by atoms with E-state index in [-0.39, 0.29) is 11.4 Å². The number of ether oxygens (including phenoxy) is 1. The molecular weight excluding hydrogens is 479 g/mol. The molecule has 33 heavy (non-hydrogen) atoms. The van der Waals surface area contributed by atoms with Gasteiger partial charge in [0.25, 0.3) is 0 Å². The molecule has 7 nitrogen and oxygen atoms in total. The first-order valence-electron chi connectivity index (χ1n) is 9.94. The first-order valence-corrected chi connectivity index (χ1v) is 11.3. The van der Waals surface area contributed by atoms with Crippen LogP contribution >= 0.6 is 23.4 Å². The zero-order valence-corrected chi connectivity index (χ0v) is 18.8. The molecule has 0 unspecified atom stereocenters. The number of benzene rings is 2. The number of amides is 1. The van der Waals surface area contributed by atoms with Crippen LogP contribution in [-0.4, -0.2) is 52.7 Å². The van der Waals surface area contributed by atoms with Crippen LogP contribution in [0.25, 0.3) is 5.69 Å². The van der Waals surface area contributed by atoms with Crippen LogP contribution in [0, 0.1) is 0 Å². The lowest BCUT2D eigenvalue weighted by Crippen LogP contribution is -2.37. The van der Waals surface area contributed by atoms with Crippen molar-refractivity contribution in [2.45, 2.75) is 11.3 Å². The minimum Gasteiger partial charge on any atom is -0.378 e. The average molecular weight is 498 g/mol. The zero-order chi connectivity index (χ0) is 23.4. The van der Waals surface area contributed by atoms with Crippen molar-refractivity contribution in [2.75, 3.05) is 42.3 Å². The molecule has 4 rings (SSSR count). The summed E-state index contributed by atoms with van der Waals surface area (Å²) in [5.74, 6) is -0.535. The molecule has 1 aliphatic rings. The van der Waals surface area contributed by atoms with Crippen molar-refractivity contribution in [1.29, 1.82) is 0 Å². The lowest BCUT2D eigenvalue weighted by atomic mass is 10.1. The number of thioether (sulfide) groups is 1. The first-order chi connectivity index (χ1) is 15.8. The van der Waals surface area contributed by atoms with E-state index in [9.17, 15) is 18.0 Å². The van der Waals surface area contributed by atoms with E-state index >= 15 is 0 Å². The Bertz CT molecular complexity index is 1140. The molecule has 1 aliphatic heterocycles. The lowest BCUT2D eigenvalue weighted by Gasteiger charge is -2.31. The van der Waals surface area contributed by atoms with Gasteiger partial charge in [0, 0.05) is 18.1 Å². The summed E-state index contributed by atoms with van der Waals surface area (Å²) >= 11 is 7.15. The number of morpholine rings is 1. The SMILES string of the molecule is O=C(CSc1nncn1-c1cccc(Cl)c1)Nc1cc(C(F)(F)F)ccc1N1CCOCC1. The number of carbonyl (C=O) groups excluding carboxylic acids is 1. The number of rotatable bonds is 6. The third-order valence-electron chi connectivity index (χ3n) is 4.88. The third-order valence-corrected chi connectivity index (χ3v) is 6.06. The number of anilines is 2. The van der Waals surface area contributed by atoms with Gasteiger partial charge < -0.3 is 15.0 Å². The van der Waals surface area contributed by atoms with Crippen molar-refractivity contribution in [3.05, 3.63) is 59.4 Å². The summed E-state index contributed by atoms with van der Waals surface area (Å²) in [5, 5.41) is 11.5. The summed E-state index contributed by atoms with van der Waals surface area (Å²) < 4.78 is 46.8. The van der Waals surface area contributed by atoms with Crippen molar-refractivity contribution in [1.82, 2.24) is 14.8 Å². The fourth-order valence-corrected chi connectivity index (χ4v) is 4.25. The zero-order valence-electron chi connectivity index (χ0n) is 17.2. The number of hydrogen-bond donors (Lipinski definition) is 1. The molecule has 2 aromatic carbocycles. The molecule has 1 N–H and O–H groups in total. The van der Waals surface area contributed by atoms with Crippen LogP contribution < -0.4 is 10.2 Å². The molecule has 0 radical (unpaired) electrons. The van der Waals surface area contributed by atoms with Crippen LogP contribution in [0.3, 0.4) is 0 Å². The van der Waals surface area contributed by atoms with E-state index in [0.717, 1.165) is 29.6 Å². The molecule has 0 spiro atoms. The summed E-state index contributed by atoms with van der Waals surface area (Å²) in [6.07, 6.45) is -3.03. The Labute approximate surface area is 196 Å². The van der Waals surface area contributed by atoms with Gasteiger partial charge in [0.1, 0.15) is 6.33 Å². The topological polar surface area (TPSA) is 72.3 Å². The highest BCUT2D eigenvalue weighted by Crippen LogP contribution is 2.36. The molecule has 12 heteroatoms. The molecule has 0 atom stereocenters. The lowest BCUT2D eigenvalue weighted by molar-refractivity contribution is -0.137. The average Bonchev–Trinajstić information content (AvgIpc) is 3.26. The minimum absolute atomic E-state index is 0.0714. The molecule has 174 valence electrons. The Morgan fingerprint density at radius 1 is 1.18 bits per heavy atom. The van der Waals surface area contributed by atoms with Crippen LogP contribution in [0.1, 0.15) is 5.56 Å². The Kier molecular flexibility index (Phi) is 7.11. The molecule has 1 saturated heterocycles. The molecule has 0 bridgehead atoms. The number of halogens is 4. The normalized spacial score (nSPS) is 14.4. The maximum Gasteiger partial charge on any atom is 0.416 e. The minimum atomic E-state index is -4.52. The van der Waals surface area contributed by atoms with E-state index in [1.807, 2.05) is 11.0 Å². The third kappa shape index (κ3) is 5.79. The van der Waals surface area contributed by atoms with Crippen LogP contribution in [-0.2, 0) is 15.7 Å². The Balaban J connectivity index is 1.50. The highest BCUT2D eigenvalue weighted by molar-refractivity contribution is 7.99. The van der Waals surface area contributed by atoms with Crippen molar-refractivity contribution >= 4 is 40.6 Å². The predicted octanol–water partition coefficient (Wildman–Crippen LogP) is 4.51. The number of carbonyl (C=O) groups is 1. The Morgan fingerprint density at radius 3 is 2.70 bits per heavy atom. The number of aromatic nitrogens is 3. The first kappa shape index (κ1) is 23.4. The predicted molar refractivity (Wildman–Crippen MR) is 120 cm³/mol. The van der Waals surface area contributed by atoms with Gasteiger partial charge in [0.15, 0.2) is 5.16 Å².